The molecule has 8 nitrogen and oxygen atoms in total. The first-order valence-corrected chi connectivity index (χ1v) is 8.36. The number of esters is 1. The highest BCUT2D eigenvalue weighted by Crippen LogP contribution is 2.21. The van der Waals surface area contributed by atoms with E-state index in [9.17, 15) is 9.59 Å². The fourth-order valence-electron chi connectivity index (χ4n) is 2.53. The Balaban J connectivity index is 1.80. The van der Waals surface area contributed by atoms with Crippen molar-refractivity contribution >= 4 is 34.9 Å². The molecule has 0 saturated heterocycles. The zero-order valence-electron chi connectivity index (χ0n) is 15.3. The monoisotopic (exact) mass is 378 g/mol. The molecule has 3 rings (SSSR count). The van der Waals surface area contributed by atoms with Gasteiger partial charge in [-0.3, -0.25) is 0 Å². The van der Waals surface area contributed by atoms with E-state index < -0.39 is 11.9 Å². The highest BCUT2D eigenvalue weighted by molar-refractivity contribution is 5.90. The first kappa shape index (κ1) is 18.8. The third-order valence-electron chi connectivity index (χ3n) is 3.80. The number of carbonyl (C=O) groups is 2. The first-order chi connectivity index (χ1) is 13.4. The van der Waals surface area contributed by atoms with Gasteiger partial charge in [0.05, 0.1) is 18.2 Å². The summed E-state index contributed by atoms with van der Waals surface area (Å²) in [7, 11) is 1.33. The number of nitrogens with one attached hydrogen (secondary N) is 2. The molecule has 142 valence electrons. The van der Waals surface area contributed by atoms with Gasteiger partial charge in [0.1, 0.15) is 17.5 Å². The summed E-state index contributed by atoms with van der Waals surface area (Å²) in [5.41, 5.74) is 2.01. The molecule has 0 saturated carbocycles. The molecule has 28 heavy (non-hydrogen) atoms. The molecule has 2 aromatic carbocycles. The van der Waals surface area contributed by atoms with Crippen LogP contribution in [0.1, 0.15) is 26.5 Å². The van der Waals surface area contributed by atoms with Crippen LogP contribution in [0.4, 0.5) is 23.0 Å². The Kier molecular flexibility index (Phi) is 5.50. The van der Waals surface area contributed by atoms with E-state index in [1.54, 1.807) is 43.3 Å². The van der Waals surface area contributed by atoms with E-state index in [1.807, 2.05) is 6.07 Å². The summed E-state index contributed by atoms with van der Waals surface area (Å²) >= 11 is 0. The number of nitrogens with zero attached hydrogens (tertiary/aromatic N) is 2. The second-order valence-corrected chi connectivity index (χ2v) is 5.89. The number of aromatic carboxylic acids is 1. The molecule has 0 unspecified atom stereocenters. The quantitative estimate of drug-likeness (QED) is 0.556. The van der Waals surface area contributed by atoms with Gasteiger partial charge in [-0.25, -0.2) is 19.6 Å². The van der Waals surface area contributed by atoms with Gasteiger partial charge in [0.25, 0.3) is 0 Å². The summed E-state index contributed by atoms with van der Waals surface area (Å²) in [5.74, 6) is 0.222. The van der Waals surface area contributed by atoms with Crippen molar-refractivity contribution in [1.82, 2.24) is 9.97 Å². The Morgan fingerprint density at radius 3 is 2.14 bits per heavy atom. The number of aryl methyl sites for hydroxylation is 1. The maximum Gasteiger partial charge on any atom is 0.337 e. The van der Waals surface area contributed by atoms with Crippen molar-refractivity contribution in [3.05, 3.63) is 71.5 Å². The molecular weight excluding hydrogens is 360 g/mol. The largest absolute Gasteiger partial charge is 0.478 e. The number of methoxy groups -OCH3 is 1. The minimum Gasteiger partial charge on any atom is -0.478 e. The minimum atomic E-state index is -0.981. The molecule has 0 spiro atoms. The molecule has 0 radical (unpaired) electrons. The fourth-order valence-corrected chi connectivity index (χ4v) is 2.53. The second kappa shape index (κ2) is 8.17. The molecule has 3 aromatic rings. The second-order valence-electron chi connectivity index (χ2n) is 5.89. The standard InChI is InChI=1S/C20H18N4O4/c1-12-21-17(23-15-8-6-13(7-9-15)19(25)26)11-18(22-12)24-16-5-3-4-14(10-16)20(27)28-2/h3-11H,1-2H3,(H,25,26)(H2,21,22,23,24). The lowest BCUT2D eigenvalue weighted by atomic mass is 10.2. The van der Waals surface area contributed by atoms with Gasteiger partial charge in [-0.15, -0.1) is 0 Å². The summed E-state index contributed by atoms with van der Waals surface area (Å²) in [5, 5.41) is 15.2. The predicted molar refractivity (Wildman–Crippen MR) is 105 cm³/mol. The summed E-state index contributed by atoms with van der Waals surface area (Å²) in [4.78, 5) is 31.3. The van der Waals surface area contributed by atoms with E-state index >= 15 is 0 Å². The van der Waals surface area contributed by atoms with Gasteiger partial charge in [0.2, 0.25) is 0 Å². The maximum atomic E-state index is 11.7. The molecule has 0 aliphatic rings. The molecule has 0 atom stereocenters. The number of hydrogen-bond donors (Lipinski definition) is 3. The van der Waals surface area contributed by atoms with Gasteiger partial charge < -0.3 is 20.5 Å². The van der Waals surface area contributed by atoms with Crippen LogP contribution in [0.25, 0.3) is 0 Å². The lowest BCUT2D eigenvalue weighted by Gasteiger charge is -2.11. The summed E-state index contributed by atoms with van der Waals surface area (Å²) < 4.78 is 4.73. The van der Waals surface area contributed by atoms with E-state index in [2.05, 4.69) is 20.6 Å². The van der Waals surface area contributed by atoms with E-state index in [0.29, 0.717) is 34.4 Å². The molecule has 0 amide bonds. The van der Waals surface area contributed by atoms with Crippen LogP contribution in [-0.2, 0) is 4.74 Å². The fraction of sp³-hybridized carbons (Fsp3) is 0.100. The van der Waals surface area contributed by atoms with E-state index in [0.717, 1.165) is 0 Å². The van der Waals surface area contributed by atoms with Crippen molar-refractivity contribution < 1.29 is 19.4 Å². The van der Waals surface area contributed by atoms with Gasteiger partial charge in [0.15, 0.2) is 0 Å². The van der Waals surface area contributed by atoms with E-state index in [4.69, 9.17) is 9.84 Å². The average Bonchev–Trinajstić information content (AvgIpc) is 2.67. The summed E-state index contributed by atoms with van der Waals surface area (Å²) in [6.07, 6.45) is 0. The van der Waals surface area contributed by atoms with Crippen molar-refractivity contribution in [1.29, 1.82) is 0 Å². The van der Waals surface area contributed by atoms with E-state index in [1.165, 1.54) is 19.2 Å². The van der Waals surface area contributed by atoms with Gasteiger partial charge in [-0.1, -0.05) is 6.07 Å². The number of benzene rings is 2. The molecule has 1 heterocycles. The van der Waals surface area contributed by atoms with Crippen molar-refractivity contribution in [2.75, 3.05) is 17.7 Å². The minimum absolute atomic E-state index is 0.206. The lowest BCUT2D eigenvalue weighted by Crippen LogP contribution is -2.04. The molecule has 0 fully saturated rings. The molecular formula is C20H18N4O4. The third kappa shape index (κ3) is 4.61. The van der Waals surface area contributed by atoms with Crippen LogP contribution in [0.2, 0.25) is 0 Å². The predicted octanol–water partition coefficient (Wildman–Crippen LogP) is 3.76. The Hall–Kier alpha value is -3.94. The van der Waals surface area contributed by atoms with Crippen molar-refractivity contribution in [3.63, 3.8) is 0 Å². The van der Waals surface area contributed by atoms with Crippen molar-refractivity contribution in [2.24, 2.45) is 0 Å². The highest BCUT2D eigenvalue weighted by Gasteiger charge is 2.08. The molecule has 0 aliphatic carbocycles. The SMILES string of the molecule is COC(=O)c1cccc(Nc2cc(Nc3ccc(C(=O)O)cc3)nc(C)n2)c1. The zero-order chi connectivity index (χ0) is 20.1. The van der Waals surface area contributed by atoms with Crippen LogP contribution >= 0.6 is 0 Å². The normalized spacial score (nSPS) is 10.2. The Morgan fingerprint density at radius 1 is 0.893 bits per heavy atom. The average molecular weight is 378 g/mol. The number of carboxylic acids is 1. The number of carboxylic acid groups (broad SMARTS) is 1. The van der Waals surface area contributed by atoms with Crippen LogP contribution in [0, 0.1) is 6.92 Å². The van der Waals surface area contributed by atoms with Crippen LogP contribution in [0.5, 0.6) is 0 Å². The van der Waals surface area contributed by atoms with Crippen molar-refractivity contribution in [2.45, 2.75) is 6.92 Å². The molecule has 0 aliphatic heterocycles. The van der Waals surface area contributed by atoms with Gasteiger partial charge in [0, 0.05) is 17.4 Å². The lowest BCUT2D eigenvalue weighted by molar-refractivity contribution is 0.0600. The van der Waals surface area contributed by atoms with Gasteiger partial charge in [-0.05, 0) is 49.4 Å². The zero-order valence-corrected chi connectivity index (χ0v) is 15.3. The van der Waals surface area contributed by atoms with Crippen LogP contribution in [0.3, 0.4) is 0 Å². The highest BCUT2D eigenvalue weighted by atomic mass is 16.5. The van der Waals surface area contributed by atoms with Crippen LogP contribution < -0.4 is 10.6 Å². The molecule has 1 aromatic heterocycles. The number of anilines is 4. The van der Waals surface area contributed by atoms with E-state index in [-0.39, 0.29) is 5.56 Å². The topological polar surface area (TPSA) is 113 Å². The molecule has 3 N–H and O–H groups in total. The Morgan fingerprint density at radius 2 is 1.54 bits per heavy atom. The molecule has 0 bridgehead atoms. The summed E-state index contributed by atoms with van der Waals surface area (Å²) in [6.45, 7) is 1.76. The Bertz CT molecular complexity index is 1020. The maximum absolute atomic E-state index is 11.7. The third-order valence-corrected chi connectivity index (χ3v) is 3.80. The number of aromatic nitrogens is 2. The molecule has 8 heteroatoms. The first-order valence-electron chi connectivity index (χ1n) is 8.36. The van der Waals surface area contributed by atoms with Crippen LogP contribution in [0.15, 0.2) is 54.6 Å². The summed E-state index contributed by atoms with van der Waals surface area (Å²) in [6, 6.07) is 14.9. The smallest absolute Gasteiger partial charge is 0.337 e. The van der Waals surface area contributed by atoms with Gasteiger partial charge in [-0.2, -0.15) is 0 Å². The number of rotatable bonds is 6. The Labute approximate surface area is 161 Å². The number of hydrogen-bond acceptors (Lipinski definition) is 7. The van der Waals surface area contributed by atoms with Gasteiger partial charge >= 0.3 is 11.9 Å². The number of carbonyl (C=O) groups excluding carboxylic acids is 1. The van der Waals surface area contributed by atoms with Crippen LogP contribution in [-0.4, -0.2) is 34.1 Å². The van der Waals surface area contributed by atoms with Crippen molar-refractivity contribution in [3.8, 4) is 0 Å². The number of ether oxygens (including phenoxy) is 1.